The quantitative estimate of drug-likeness (QED) is 0.671. The van der Waals surface area contributed by atoms with Crippen molar-refractivity contribution in [2.24, 2.45) is 0 Å². The molecule has 0 aliphatic rings. The summed E-state index contributed by atoms with van der Waals surface area (Å²) in [7, 11) is 0. The van der Waals surface area contributed by atoms with Crippen LogP contribution in [0.3, 0.4) is 0 Å². The molecule has 1 rings (SSSR count). The van der Waals surface area contributed by atoms with E-state index in [1.807, 2.05) is 0 Å². The summed E-state index contributed by atoms with van der Waals surface area (Å²) in [6, 6.07) is 8.98. The lowest BCUT2D eigenvalue weighted by Gasteiger charge is -2.16. The van der Waals surface area contributed by atoms with Gasteiger partial charge in [0.05, 0.1) is 0 Å². The van der Waals surface area contributed by atoms with Crippen LogP contribution in [0.1, 0.15) is 50.3 Å². The van der Waals surface area contributed by atoms with Crippen LogP contribution < -0.4 is 5.32 Å². The van der Waals surface area contributed by atoms with Gasteiger partial charge in [0.1, 0.15) is 0 Å². The Balaban J connectivity index is 2.14. The molecule has 0 spiro atoms. The average molecular weight is 249 g/mol. The van der Waals surface area contributed by atoms with Crippen LogP contribution in [0, 0.1) is 6.92 Å². The molecule has 0 amide bonds. The highest BCUT2D eigenvalue weighted by Crippen LogP contribution is 2.16. The maximum absolute atomic E-state index is 5.55. The molecule has 0 heterocycles. The molecule has 1 unspecified atom stereocenters. The number of ether oxygens (including phenoxy) is 1. The highest BCUT2D eigenvalue weighted by atomic mass is 16.5. The zero-order valence-electron chi connectivity index (χ0n) is 12.0. The van der Waals surface area contributed by atoms with Gasteiger partial charge in [-0.15, -0.1) is 0 Å². The normalized spacial score (nSPS) is 12.6. The summed E-state index contributed by atoms with van der Waals surface area (Å²) in [5, 5.41) is 3.55. The van der Waals surface area contributed by atoms with Gasteiger partial charge in [-0.1, -0.05) is 37.6 Å². The van der Waals surface area contributed by atoms with Crippen molar-refractivity contribution in [2.75, 3.05) is 19.8 Å². The van der Waals surface area contributed by atoms with Gasteiger partial charge in [-0.3, -0.25) is 0 Å². The first-order valence-corrected chi connectivity index (χ1v) is 7.12. The lowest BCUT2D eigenvalue weighted by atomic mass is 10.0. The molecule has 0 fully saturated rings. The largest absolute Gasteiger partial charge is 0.381 e. The van der Waals surface area contributed by atoms with Gasteiger partial charge in [0, 0.05) is 19.3 Å². The van der Waals surface area contributed by atoms with Crippen molar-refractivity contribution in [2.45, 2.75) is 46.1 Å². The van der Waals surface area contributed by atoms with E-state index < -0.39 is 0 Å². The van der Waals surface area contributed by atoms with E-state index in [-0.39, 0.29) is 0 Å². The SMILES string of the molecule is CCCCOCCCNC(C)c1ccccc1C. The summed E-state index contributed by atoms with van der Waals surface area (Å²) in [5.41, 5.74) is 2.75. The molecule has 0 saturated heterocycles. The molecular formula is C16H27NO. The van der Waals surface area contributed by atoms with Crippen LogP contribution in [0.4, 0.5) is 0 Å². The number of unbranched alkanes of at least 4 members (excludes halogenated alkanes) is 1. The molecule has 0 saturated carbocycles. The monoisotopic (exact) mass is 249 g/mol. The second-order valence-corrected chi connectivity index (χ2v) is 4.85. The molecule has 0 aromatic heterocycles. The molecule has 1 aromatic rings. The fourth-order valence-corrected chi connectivity index (χ4v) is 2.02. The molecule has 1 atom stereocenters. The maximum Gasteiger partial charge on any atom is 0.0478 e. The van der Waals surface area contributed by atoms with Crippen LogP contribution in [-0.4, -0.2) is 19.8 Å². The Morgan fingerprint density at radius 3 is 2.61 bits per heavy atom. The predicted octanol–water partition coefficient (Wildman–Crippen LogP) is 3.85. The van der Waals surface area contributed by atoms with Crippen LogP contribution in [0.15, 0.2) is 24.3 Å². The molecule has 102 valence electrons. The summed E-state index contributed by atoms with van der Waals surface area (Å²) < 4.78 is 5.55. The standard InChI is InChI=1S/C16H27NO/c1-4-5-12-18-13-8-11-17-15(3)16-10-7-6-9-14(16)2/h6-7,9-10,15,17H,4-5,8,11-13H2,1-3H3. The van der Waals surface area contributed by atoms with Crippen molar-refractivity contribution in [3.05, 3.63) is 35.4 Å². The van der Waals surface area contributed by atoms with Crippen molar-refractivity contribution in [1.82, 2.24) is 5.32 Å². The molecule has 0 aliphatic carbocycles. The van der Waals surface area contributed by atoms with Gasteiger partial charge < -0.3 is 10.1 Å². The second-order valence-electron chi connectivity index (χ2n) is 4.85. The minimum absolute atomic E-state index is 0.418. The first-order valence-electron chi connectivity index (χ1n) is 7.12. The van der Waals surface area contributed by atoms with E-state index in [0.29, 0.717) is 6.04 Å². The Labute approximate surface area is 112 Å². The summed E-state index contributed by atoms with van der Waals surface area (Å²) >= 11 is 0. The lowest BCUT2D eigenvalue weighted by Crippen LogP contribution is -2.21. The third-order valence-electron chi connectivity index (χ3n) is 3.21. The molecular weight excluding hydrogens is 222 g/mol. The maximum atomic E-state index is 5.55. The number of nitrogens with one attached hydrogen (secondary N) is 1. The average Bonchev–Trinajstić information content (AvgIpc) is 2.38. The molecule has 0 aliphatic heterocycles. The molecule has 0 radical (unpaired) electrons. The van der Waals surface area contributed by atoms with Crippen LogP contribution in [0.25, 0.3) is 0 Å². The second kappa shape index (κ2) is 9.12. The highest BCUT2D eigenvalue weighted by Gasteiger charge is 2.05. The number of rotatable bonds is 9. The van der Waals surface area contributed by atoms with Crippen molar-refractivity contribution in [1.29, 1.82) is 0 Å². The summed E-state index contributed by atoms with van der Waals surface area (Å²) in [6.45, 7) is 9.37. The van der Waals surface area contributed by atoms with Crippen molar-refractivity contribution >= 4 is 0 Å². The van der Waals surface area contributed by atoms with Crippen molar-refractivity contribution in [3.8, 4) is 0 Å². The fraction of sp³-hybridized carbons (Fsp3) is 0.625. The Bertz CT molecular complexity index is 325. The summed E-state index contributed by atoms with van der Waals surface area (Å²) in [5.74, 6) is 0. The van der Waals surface area contributed by atoms with Crippen LogP contribution in [0.2, 0.25) is 0 Å². The Morgan fingerprint density at radius 2 is 1.89 bits per heavy atom. The number of hydrogen-bond acceptors (Lipinski definition) is 2. The Morgan fingerprint density at radius 1 is 1.17 bits per heavy atom. The van der Waals surface area contributed by atoms with E-state index in [4.69, 9.17) is 4.74 Å². The van der Waals surface area contributed by atoms with Crippen molar-refractivity contribution in [3.63, 3.8) is 0 Å². The third kappa shape index (κ3) is 5.65. The van der Waals surface area contributed by atoms with E-state index >= 15 is 0 Å². The third-order valence-corrected chi connectivity index (χ3v) is 3.21. The topological polar surface area (TPSA) is 21.3 Å². The fourth-order valence-electron chi connectivity index (χ4n) is 2.02. The van der Waals surface area contributed by atoms with E-state index in [0.717, 1.165) is 26.2 Å². The minimum Gasteiger partial charge on any atom is -0.381 e. The van der Waals surface area contributed by atoms with E-state index in [2.05, 4.69) is 50.4 Å². The first kappa shape index (κ1) is 15.2. The van der Waals surface area contributed by atoms with Gasteiger partial charge in [-0.05, 0) is 44.4 Å². The Kier molecular flexibility index (Phi) is 7.70. The van der Waals surface area contributed by atoms with Crippen LogP contribution in [0.5, 0.6) is 0 Å². The van der Waals surface area contributed by atoms with E-state index in [1.165, 1.54) is 24.0 Å². The summed E-state index contributed by atoms with van der Waals surface area (Å²) in [6.07, 6.45) is 3.47. The number of aryl methyl sites for hydroxylation is 1. The first-order chi connectivity index (χ1) is 8.75. The van der Waals surface area contributed by atoms with Crippen molar-refractivity contribution < 1.29 is 4.74 Å². The Hall–Kier alpha value is -0.860. The van der Waals surface area contributed by atoms with Gasteiger partial charge in [-0.2, -0.15) is 0 Å². The molecule has 2 heteroatoms. The molecule has 1 aromatic carbocycles. The lowest BCUT2D eigenvalue weighted by molar-refractivity contribution is 0.128. The van der Waals surface area contributed by atoms with Gasteiger partial charge in [-0.25, -0.2) is 0 Å². The van der Waals surface area contributed by atoms with E-state index in [1.54, 1.807) is 0 Å². The predicted molar refractivity (Wildman–Crippen MR) is 77.9 cm³/mol. The van der Waals surface area contributed by atoms with Crippen LogP contribution >= 0.6 is 0 Å². The molecule has 2 nitrogen and oxygen atoms in total. The molecule has 0 bridgehead atoms. The minimum atomic E-state index is 0.418. The molecule has 18 heavy (non-hydrogen) atoms. The smallest absolute Gasteiger partial charge is 0.0478 e. The number of hydrogen-bond donors (Lipinski definition) is 1. The van der Waals surface area contributed by atoms with E-state index in [9.17, 15) is 0 Å². The molecule has 1 N–H and O–H groups in total. The summed E-state index contributed by atoms with van der Waals surface area (Å²) in [4.78, 5) is 0. The zero-order valence-corrected chi connectivity index (χ0v) is 12.0. The number of benzene rings is 1. The zero-order chi connectivity index (χ0) is 13.2. The highest BCUT2D eigenvalue weighted by molar-refractivity contribution is 5.28. The van der Waals surface area contributed by atoms with Gasteiger partial charge in [0.2, 0.25) is 0 Å². The van der Waals surface area contributed by atoms with Gasteiger partial charge in [0.25, 0.3) is 0 Å². The van der Waals surface area contributed by atoms with Crippen LogP contribution in [-0.2, 0) is 4.74 Å². The van der Waals surface area contributed by atoms with Gasteiger partial charge >= 0.3 is 0 Å². The van der Waals surface area contributed by atoms with Gasteiger partial charge in [0.15, 0.2) is 0 Å².